The third-order valence-corrected chi connectivity index (χ3v) is 5.81. The van der Waals surface area contributed by atoms with Gasteiger partial charge >= 0.3 is 5.97 Å². The third-order valence-electron chi connectivity index (χ3n) is 3.60. The average molecular weight is 248 g/mol. The van der Waals surface area contributed by atoms with Crippen molar-refractivity contribution in [2.45, 2.75) is 51.2 Å². The van der Waals surface area contributed by atoms with E-state index in [9.17, 15) is 18.3 Å². The largest absolute Gasteiger partial charge is 0.481 e. The van der Waals surface area contributed by atoms with Crippen LogP contribution in [0.25, 0.3) is 0 Å². The van der Waals surface area contributed by atoms with Crippen molar-refractivity contribution >= 4 is 15.8 Å². The second-order valence-electron chi connectivity index (χ2n) is 4.96. The standard InChI is InChI=1S/C11H20O4S/c1-9(2)16(14,15)8-7-11(10(12)13)5-3-4-6-11/h9H,3-8H2,1-2H3,(H,12,13). The number of carboxylic acids is 1. The van der Waals surface area contributed by atoms with E-state index < -0.39 is 26.5 Å². The summed E-state index contributed by atoms with van der Waals surface area (Å²) < 4.78 is 23.3. The minimum Gasteiger partial charge on any atom is -0.481 e. The predicted molar refractivity (Wildman–Crippen MR) is 62.1 cm³/mol. The minimum atomic E-state index is -3.12. The molecule has 1 saturated carbocycles. The minimum absolute atomic E-state index is 0.00301. The van der Waals surface area contributed by atoms with Crippen LogP contribution in [0.3, 0.4) is 0 Å². The van der Waals surface area contributed by atoms with Gasteiger partial charge in [-0.05, 0) is 33.1 Å². The van der Waals surface area contributed by atoms with Gasteiger partial charge in [-0.2, -0.15) is 0 Å². The Morgan fingerprint density at radius 1 is 1.31 bits per heavy atom. The van der Waals surface area contributed by atoms with Crippen molar-refractivity contribution in [2.75, 3.05) is 5.75 Å². The van der Waals surface area contributed by atoms with Crippen molar-refractivity contribution in [1.29, 1.82) is 0 Å². The topological polar surface area (TPSA) is 71.4 Å². The summed E-state index contributed by atoms with van der Waals surface area (Å²) in [7, 11) is -3.12. The van der Waals surface area contributed by atoms with E-state index in [4.69, 9.17) is 0 Å². The van der Waals surface area contributed by atoms with Crippen LogP contribution in [0.2, 0.25) is 0 Å². The fraction of sp³-hybridized carbons (Fsp3) is 0.909. The van der Waals surface area contributed by atoms with Gasteiger partial charge in [-0.1, -0.05) is 12.8 Å². The maximum absolute atomic E-state index is 11.7. The Morgan fingerprint density at radius 2 is 1.81 bits per heavy atom. The highest BCUT2D eigenvalue weighted by molar-refractivity contribution is 7.91. The first-order valence-corrected chi connectivity index (χ1v) is 7.47. The molecule has 0 unspecified atom stereocenters. The molecule has 0 aromatic carbocycles. The molecule has 0 aromatic heterocycles. The molecule has 0 radical (unpaired) electrons. The second-order valence-corrected chi connectivity index (χ2v) is 7.64. The van der Waals surface area contributed by atoms with Crippen LogP contribution < -0.4 is 0 Å². The number of hydrogen-bond acceptors (Lipinski definition) is 3. The Hall–Kier alpha value is -0.580. The van der Waals surface area contributed by atoms with Crippen molar-refractivity contribution in [3.63, 3.8) is 0 Å². The van der Waals surface area contributed by atoms with Crippen LogP contribution in [0.5, 0.6) is 0 Å². The molecule has 4 nitrogen and oxygen atoms in total. The zero-order valence-corrected chi connectivity index (χ0v) is 10.7. The lowest BCUT2D eigenvalue weighted by atomic mass is 9.84. The fourth-order valence-corrected chi connectivity index (χ4v) is 3.34. The van der Waals surface area contributed by atoms with Crippen LogP contribution in [0, 0.1) is 5.41 Å². The van der Waals surface area contributed by atoms with Crippen LogP contribution in [-0.4, -0.2) is 30.5 Å². The average Bonchev–Trinajstić information content (AvgIpc) is 2.64. The first-order chi connectivity index (χ1) is 7.30. The molecule has 0 aromatic rings. The van der Waals surface area contributed by atoms with Crippen molar-refractivity contribution in [2.24, 2.45) is 5.41 Å². The van der Waals surface area contributed by atoms with Crippen LogP contribution >= 0.6 is 0 Å². The fourth-order valence-electron chi connectivity index (χ4n) is 2.20. The van der Waals surface area contributed by atoms with E-state index >= 15 is 0 Å². The number of hydrogen-bond donors (Lipinski definition) is 1. The molecule has 0 aliphatic heterocycles. The molecule has 16 heavy (non-hydrogen) atoms. The molecule has 1 aliphatic carbocycles. The Labute approximate surface area is 97.0 Å². The number of aliphatic carboxylic acids is 1. The van der Waals surface area contributed by atoms with Crippen LogP contribution in [0.4, 0.5) is 0 Å². The first kappa shape index (κ1) is 13.5. The lowest BCUT2D eigenvalue weighted by Gasteiger charge is -2.23. The number of rotatable bonds is 5. The molecule has 0 bridgehead atoms. The van der Waals surface area contributed by atoms with Crippen molar-refractivity contribution in [1.82, 2.24) is 0 Å². The van der Waals surface area contributed by atoms with Gasteiger partial charge in [0.15, 0.2) is 9.84 Å². The lowest BCUT2D eigenvalue weighted by Crippen LogP contribution is -2.31. The highest BCUT2D eigenvalue weighted by atomic mass is 32.2. The molecule has 94 valence electrons. The van der Waals surface area contributed by atoms with E-state index in [1.807, 2.05) is 0 Å². The van der Waals surface area contributed by atoms with Gasteiger partial charge in [0.05, 0.1) is 16.4 Å². The number of sulfone groups is 1. The van der Waals surface area contributed by atoms with E-state index in [2.05, 4.69) is 0 Å². The number of carbonyl (C=O) groups is 1. The van der Waals surface area contributed by atoms with Gasteiger partial charge in [-0.25, -0.2) is 8.42 Å². The van der Waals surface area contributed by atoms with E-state index in [0.717, 1.165) is 12.8 Å². The van der Waals surface area contributed by atoms with Crippen molar-refractivity contribution < 1.29 is 18.3 Å². The summed E-state index contributed by atoms with van der Waals surface area (Å²) in [6.45, 7) is 3.27. The zero-order chi connectivity index (χ0) is 12.4. The summed E-state index contributed by atoms with van der Waals surface area (Å²) in [4.78, 5) is 11.2. The van der Waals surface area contributed by atoms with Crippen molar-refractivity contribution in [3.8, 4) is 0 Å². The van der Waals surface area contributed by atoms with Crippen LogP contribution in [-0.2, 0) is 14.6 Å². The normalized spacial score (nSPS) is 20.2. The van der Waals surface area contributed by atoms with Crippen molar-refractivity contribution in [3.05, 3.63) is 0 Å². The van der Waals surface area contributed by atoms with Gasteiger partial charge < -0.3 is 5.11 Å². The van der Waals surface area contributed by atoms with Gasteiger partial charge in [0.25, 0.3) is 0 Å². The summed E-state index contributed by atoms with van der Waals surface area (Å²) in [5.74, 6) is -0.833. The smallest absolute Gasteiger partial charge is 0.309 e. The van der Waals surface area contributed by atoms with Gasteiger partial charge in [-0.3, -0.25) is 4.79 Å². The Balaban J connectivity index is 2.69. The molecular formula is C11H20O4S. The molecular weight excluding hydrogens is 228 g/mol. The maximum Gasteiger partial charge on any atom is 0.309 e. The Kier molecular flexibility index (Phi) is 3.99. The second kappa shape index (κ2) is 4.73. The van der Waals surface area contributed by atoms with Gasteiger partial charge in [0.2, 0.25) is 0 Å². The van der Waals surface area contributed by atoms with Gasteiger partial charge in [0.1, 0.15) is 0 Å². The monoisotopic (exact) mass is 248 g/mol. The highest BCUT2D eigenvalue weighted by Gasteiger charge is 2.41. The van der Waals surface area contributed by atoms with E-state index in [-0.39, 0.29) is 12.2 Å². The first-order valence-electron chi connectivity index (χ1n) is 5.75. The predicted octanol–water partition coefficient (Wildman–Crippen LogP) is 1.84. The molecule has 1 fully saturated rings. The van der Waals surface area contributed by atoms with E-state index in [0.29, 0.717) is 12.8 Å². The maximum atomic E-state index is 11.7. The molecule has 1 rings (SSSR count). The molecule has 0 spiro atoms. The Bertz CT molecular complexity index is 350. The highest BCUT2D eigenvalue weighted by Crippen LogP contribution is 2.41. The van der Waals surface area contributed by atoms with E-state index in [1.165, 1.54) is 0 Å². The molecule has 0 heterocycles. The number of carboxylic acid groups (broad SMARTS) is 1. The quantitative estimate of drug-likeness (QED) is 0.806. The molecule has 0 atom stereocenters. The molecule has 1 aliphatic rings. The lowest BCUT2D eigenvalue weighted by molar-refractivity contribution is -0.148. The van der Waals surface area contributed by atoms with E-state index in [1.54, 1.807) is 13.8 Å². The Morgan fingerprint density at radius 3 is 2.19 bits per heavy atom. The summed E-state index contributed by atoms with van der Waals surface area (Å²) in [5, 5.41) is 8.79. The van der Waals surface area contributed by atoms with Crippen LogP contribution in [0.1, 0.15) is 46.0 Å². The molecule has 0 saturated heterocycles. The van der Waals surface area contributed by atoms with Gasteiger partial charge in [-0.15, -0.1) is 0 Å². The molecule has 5 heteroatoms. The summed E-state index contributed by atoms with van der Waals surface area (Å²) in [6.07, 6.45) is 3.30. The molecule has 0 amide bonds. The molecule has 1 N–H and O–H groups in total. The third kappa shape index (κ3) is 2.75. The van der Waals surface area contributed by atoms with Gasteiger partial charge in [0, 0.05) is 0 Å². The SMILES string of the molecule is CC(C)S(=O)(=O)CCC1(C(=O)O)CCCC1. The summed E-state index contributed by atoms with van der Waals surface area (Å²) in [5.41, 5.74) is -0.776. The summed E-state index contributed by atoms with van der Waals surface area (Å²) in [6, 6.07) is 0. The zero-order valence-electron chi connectivity index (χ0n) is 9.90. The van der Waals surface area contributed by atoms with Crippen LogP contribution in [0.15, 0.2) is 0 Å². The summed E-state index contributed by atoms with van der Waals surface area (Å²) >= 11 is 0.